The van der Waals surface area contributed by atoms with Gasteiger partial charge in [-0.3, -0.25) is 0 Å². The molecule has 1 aromatic carbocycles. The van der Waals surface area contributed by atoms with Gasteiger partial charge in [-0.25, -0.2) is 9.67 Å². The van der Waals surface area contributed by atoms with Crippen molar-refractivity contribution >= 4 is 16.9 Å². The second-order valence-electron chi connectivity index (χ2n) is 4.39. The molecular weight excluding hydrogens is 242 g/mol. The van der Waals surface area contributed by atoms with Gasteiger partial charge >= 0.3 is 0 Å². The number of aryl methyl sites for hydroxylation is 1. The zero-order valence-electron chi connectivity index (χ0n) is 10.6. The summed E-state index contributed by atoms with van der Waals surface area (Å²) in [5.41, 5.74) is 9.52. The molecule has 6 nitrogen and oxygen atoms in total. The Balaban J connectivity index is 2.15. The average molecular weight is 257 g/mol. The fourth-order valence-electron chi connectivity index (χ4n) is 2.23. The zero-order chi connectivity index (χ0) is 13.4. The molecule has 0 atom stereocenters. The lowest BCUT2D eigenvalue weighted by Crippen LogP contribution is -2.07. The zero-order valence-corrected chi connectivity index (χ0v) is 10.6. The Kier molecular flexibility index (Phi) is 2.72. The standard InChI is InChI=1S/C13H15N5O/c1-8-11(12(14)18(17-8)6-7-19)13-15-9-4-2-3-5-10(9)16-13/h2-5,19H,6-7,14H2,1H3,(H,15,16). The van der Waals surface area contributed by atoms with Crippen molar-refractivity contribution in [2.75, 3.05) is 12.3 Å². The molecule has 3 aromatic rings. The minimum absolute atomic E-state index is 0.00485. The highest BCUT2D eigenvalue weighted by Crippen LogP contribution is 2.28. The van der Waals surface area contributed by atoms with Gasteiger partial charge in [0, 0.05) is 0 Å². The van der Waals surface area contributed by atoms with Crippen LogP contribution < -0.4 is 5.73 Å². The van der Waals surface area contributed by atoms with Crippen LogP contribution in [-0.2, 0) is 6.54 Å². The molecule has 98 valence electrons. The minimum Gasteiger partial charge on any atom is -0.394 e. The molecule has 0 fully saturated rings. The van der Waals surface area contributed by atoms with Crippen LogP contribution in [0, 0.1) is 6.92 Å². The molecule has 0 saturated carbocycles. The number of nitrogens with one attached hydrogen (secondary N) is 1. The van der Waals surface area contributed by atoms with Crippen LogP contribution in [0.15, 0.2) is 24.3 Å². The number of hydrogen-bond donors (Lipinski definition) is 3. The number of para-hydroxylation sites is 2. The third-order valence-corrected chi connectivity index (χ3v) is 3.10. The molecule has 2 heterocycles. The predicted octanol–water partition coefficient (Wildman–Crippen LogP) is 1.31. The van der Waals surface area contributed by atoms with E-state index in [1.165, 1.54) is 0 Å². The van der Waals surface area contributed by atoms with Crippen LogP contribution in [0.1, 0.15) is 5.69 Å². The molecule has 0 aliphatic rings. The molecule has 0 bridgehead atoms. The number of aliphatic hydroxyl groups is 1. The molecular formula is C13H15N5O. The van der Waals surface area contributed by atoms with Gasteiger partial charge in [0.15, 0.2) is 0 Å². The SMILES string of the molecule is Cc1nn(CCO)c(N)c1-c1nc2ccccc2[nH]1. The number of aromatic nitrogens is 4. The van der Waals surface area contributed by atoms with Crippen LogP contribution in [0.2, 0.25) is 0 Å². The molecule has 0 radical (unpaired) electrons. The van der Waals surface area contributed by atoms with Gasteiger partial charge < -0.3 is 15.8 Å². The Bertz CT molecular complexity index is 695. The third kappa shape index (κ3) is 1.86. The van der Waals surface area contributed by atoms with Gasteiger partial charge in [-0.2, -0.15) is 5.10 Å². The highest BCUT2D eigenvalue weighted by molar-refractivity contribution is 5.82. The first kappa shape index (κ1) is 11.7. The van der Waals surface area contributed by atoms with E-state index in [1.54, 1.807) is 4.68 Å². The number of imidazole rings is 1. The largest absolute Gasteiger partial charge is 0.394 e. The van der Waals surface area contributed by atoms with Crippen LogP contribution in [0.25, 0.3) is 22.4 Å². The molecule has 0 aliphatic carbocycles. The Hall–Kier alpha value is -2.34. The number of H-pyrrole nitrogens is 1. The lowest BCUT2D eigenvalue weighted by atomic mass is 10.2. The van der Waals surface area contributed by atoms with Gasteiger partial charge in [-0.05, 0) is 19.1 Å². The van der Waals surface area contributed by atoms with Crippen LogP contribution in [0.3, 0.4) is 0 Å². The Morgan fingerprint density at radius 1 is 1.37 bits per heavy atom. The van der Waals surface area contributed by atoms with Crippen molar-refractivity contribution in [1.82, 2.24) is 19.7 Å². The Morgan fingerprint density at radius 3 is 2.89 bits per heavy atom. The van der Waals surface area contributed by atoms with Crippen molar-refractivity contribution in [1.29, 1.82) is 0 Å². The van der Waals surface area contributed by atoms with Crippen LogP contribution in [0.5, 0.6) is 0 Å². The van der Waals surface area contributed by atoms with E-state index in [0.29, 0.717) is 18.2 Å². The maximum atomic E-state index is 8.99. The number of nitrogens with zero attached hydrogens (tertiary/aromatic N) is 3. The summed E-state index contributed by atoms with van der Waals surface area (Å²) in [6, 6.07) is 7.81. The lowest BCUT2D eigenvalue weighted by Gasteiger charge is -2.01. The fourth-order valence-corrected chi connectivity index (χ4v) is 2.23. The first-order valence-corrected chi connectivity index (χ1v) is 6.09. The van der Waals surface area contributed by atoms with E-state index in [4.69, 9.17) is 10.8 Å². The van der Waals surface area contributed by atoms with Crippen LogP contribution in [-0.4, -0.2) is 31.5 Å². The number of hydrogen-bond acceptors (Lipinski definition) is 4. The second kappa shape index (κ2) is 4.40. The Labute approximate surface area is 109 Å². The summed E-state index contributed by atoms with van der Waals surface area (Å²) in [6.07, 6.45) is 0. The van der Waals surface area contributed by atoms with E-state index in [9.17, 15) is 0 Å². The van der Waals surface area contributed by atoms with E-state index in [1.807, 2.05) is 31.2 Å². The maximum absolute atomic E-state index is 8.99. The maximum Gasteiger partial charge on any atom is 0.144 e. The average Bonchev–Trinajstić information content (AvgIpc) is 2.91. The number of benzene rings is 1. The Morgan fingerprint density at radius 2 is 2.16 bits per heavy atom. The number of aromatic amines is 1. The van der Waals surface area contributed by atoms with E-state index >= 15 is 0 Å². The molecule has 0 aliphatic heterocycles. The highest BCUT2D eigenvalue weighted by atomic mass is 16.3. The number of anilines is 1. The molecule has 0 saturated heterocycles. The molecule has 19 heavy (non-hydrogen) atoms. The number of fused-ring (bicyclic) bond motifs is 1. The van der Waals surface area contributed by atoms with Crippen molar-refractivity contribution in [3.05, 3.63) is 30.0 Å². The molecule has 4 N–H and O–H groups in total. The number of aliphatic hydroxyl groups excluding tert-OH is 1. The van der Waals surface area contributed by atoms with Crippen molar-refractivity contribution in [3.8, 4) is 11.4 Å². The molecule has 6 heteroatoms. The molecule has 0 amide bonds. The molecule has 0 spiro atoms. The van der Waals surface area contributed by atoms with Gasteiger partial charge in [0.1, 0.15) is 11.6 Å². The summed E-state index contributed by atoms with van der Waals surface area (Å²) in [6.45, 7) is 2.27. The van der Waals surface area contributed by atoms with Crippen molar-refractivity contribution in [2.24, 2.45) is 0 Å². The minimum atomic E-state index is 0.00485. The van der Waals surface area contributed by atoms with Crippen molar-refractivity contribution < 1.29 is 5.11 Å². The van der Waals surface area contributed by atoms with Gasteiger partial charge in [0.05, 0.1) is 35.4 Å². The summed E-state index contributed by atoms with van der Waals surface area (Å²) in [5.74, 6) is 1.23. The van der Waals surface area contributed by atoms with Gasteiger partial charge in [0.25, 0.3) is 0 Å². The van der Waals surface area contributed by atoms with Crippen LogP contribution >= 0.6 is 0 Å². The first-order valence-electron chi connectivity index (χ1n) is 6.09. The van der Waals surface area contributed by atoms with E-state index in [2.05, 4.69) is 15.1 Å². The van der Waals surface area contributed by atoms with Crippen molar-refractivity contribution in [3.63, 3.8) is 0 Å². The van der Waals surface area contributed by atoms with Crippen molar-refractivity contribution in [2.45, 2.75) is 13.5 Å². The summed E-state index contributed by atoms with van der Waals surface area (Å²) in [5, 5.41) is 13.3. The van der Waals surface area contributed by atoms with Gasteiger partial charge in [-0.1, -0.05) is 12.1 Å². The summed E-state index contributed by atoms with van der Waals surface area (Å²) in [7, 11) is 0. The molecule has 0 unspecified atom stereocenters. The number of nitrogen functional groups attached to an aromatic ring is 1. The number of rotatable bonds is 3. The third-order valence-electron chi connectivity index (χ3n) is 3.10. The summed E-state index contributed by atoms with van der Waals surface area (Å²) in [4.78, 5) is 7.77. The van der Waals surface area contributed by atoms with Gasteiger partial charge in [0.2, 0.25) is 0 Å². The first-order chi connectivity index (χ1) is 9.20. The second-order valence-corrected chi connectivity index (χ2v) is 4.39. The molecule has 3 rings (SSSR count). The normalized spacial score (nSPS) is 11.3. The summed E-state index contributed by atoms with van der Waals surface area (Å²) >= 11 is 0. The highest BCUT2D eigenvalue weighted by Gasteiger charge is 2.17. The molecule has 2 aromatic heterocycles. The fraction of sp³-hybridized carbons (Fsp3) is 0.231. The monoisotopic (exact) mass is 257 g/mol. The van der Waals surface area contributed by atoms with E-state index in [-0.39, 0.29) is 6.61 Å². The van der Waals surface area contributed by atoms with Crippen LogP contribution in [0.4, 0.5) is 5.82 Å². The quantitative estimate of drug-likeness (QED) is 0.659. The smallest absolute Gasteiger partial charge is 0.144 e. The topological polar surface area (TPSA) is 92.8 Å². The predicted molar refractivity (Wildman–Crippen MR) is 73.5 cm³/mol. The van der Waals surface area contributed by atoms with E-state index < -0.39 is 0 Å². The van der Waals surface area contributed by atoms with Gasteiger partial charge in [-0.15, -0.1) is 0 Å². The number of nitrogens with two attached hydrogens (primary N) is 1. The summed E-state index contributed by atoms with van der Waals surface area (Å²) < 4.78 is 1.60. The van der Waals surface area contributed by atoms with E-state index in [0.717, 1.165) is 22.3 Å². The lowest BCUT2D eigenvalue weighted by molar-refractivity contribution is 0.270.